The minimum absolute atomic E-state index is 0.313. The van der Waals surface area contributed by atoms with Gasteiger partial charge in [0.1, 0.15) is 6.61 Å². The van der Waals surface area contributed by atoms with E-state index < -0.39 is 0 Å². The summed E-state index contributed by atoms with van der Waals surface area (Å²) in [6.07, 6.45) is 0. The van der Waals surface area contributed by atoms with Crippen molar-refractivity contribution in [2.45, 2.75) is 13.2 Å². The van der Waals surface area contributed by atoms with Crippen LogP contribution in [0.2, 0.25) is 0 Å². The Balaban J connectivity index is 0.000000816. The molecular weight excluding hydrogens is 290 g/mol. The number of rotatable bonds is 7. The lowest BCUT2D eigenvalue weighted by Gasteiger charge is -2.09. The van der Waals surface area contributed by atoms with Crippen LogP contribution in [0.4, 0.5) is 11.4 Å². The van der Waals surface area contributed by atoms with Crippen LogP contribution in [0, 0.1) is 0 Å². The average Bonchev–Trinajstić information content (AvgIpc) is 2.60. The number of carbonyl (C=O) groups is 1. The molecule has 5 heteroatoms. The number of carbonyl (C=O) groups excluding carboxylic acids is 1. The minimum Gasteiger partial charge on any atom is -0.463 e. The second-order valence-electron chi connectivity index (χ2n) is 4.91. The first-order valence-corrected chi connectivity index (χ1v) is 7.46. The van der Waals surface area contributed by atoms with Crippen molar-refractivity contribution in [1.82, 2.24) is 5.32 Å². The predicted octanol–water partition coefficient (Wildman–Crippen LogP) is 2.85. The van der Waals surface area contributed by atoms with Gasteiger partial charge in [-0.1, -0.05) is 24.3 Å². The van der Waals surface area contributed by atoms with Gasteiger partial charge in [-0.15, -0.1) is 0 Å². The summed E-state index contributed by atoms with van der Waals surface area (Å²) in [5.41, 5.74) is 4.32. The zero-order chi connectivity index (χ0) is 16.9. The van der Waals surface area contributed by atoms with Crippen LogP contribution in [-0.4, -0.2) is 27.6 Å². The van der Waals surface area contributed by atoms with E-state index in [9.17, 15) is 4.79 Å². The number of anilines is 2. The van der Waals surface area contributed by atoms with Crippen LogP contribution in [-0.2, 0) is 22.7 Å². The first-order valence-electron chi connectivity index (χ1n) is 7.46. The molecule has 0 unspecified atom stereocenters. The molecule has 0 aliphatic rings. The highest BCUT2D eigenvalue weighted by Gasteiger charge is 1.97. The smallest absolute Gasteiger partial charge is 0.293 e. The van der Waals surface area contributed by atoms with Gasteiger partial charge in [-0.05, 0) is 49.5 Å². The number of ether oxygens (including phenoxy) is 1. The van der Waals surface area contributed by atoms with Gasteiger partial charge in [0, 0.05) is 25.0 Å². The van der Waals surface area contributed by atoms with Gasteiger partial charge >= 0.3 is 0 Å². The standard InChI is InChI=1S/C16H18N2O2.C2H7N/c1-17-16-4-2-3-14(9-16)10-18-15-7-5-13(6-8-15)11-20-12-19;1-3-2/h2-9,12,17-18H,10-11H2,1H3;3H,1-2H3. The molecule has 0 heterocycles. The lowest BCUT2D eigenvalue weighted by atomic mass is 10.2. The van der Waals surface area contributed by atoms with Crippen molar-refractivity contribution in [2.24, 2.45) is 0 Å². The van der Waals surface area contributed by atoms with Gasteiger partial charge in [-0.2, -0.15) is 0 Å². The highest BCUT2D eigenvalue weighted by atomic mass is 16.5. The van der Waals surface area contributed by atoms with Crippen LogP contribution >= 0.6 is 0 Å². The van der Waals surface area contributed by atoms with Gasteiger partial charge in [-0.25, -0.2) is 0 Å². The molecule has 0 aliphatic carbocycles. The topological polar surface area (TPSA) is 62.4 Å². The van der Waals surface area contributed by atoms with Crippen LogP contribution in [0.5, 0.6) is 0 Å². The quantitative estimate of drug-likeness (QED) is 0.686. The Morgan fingerprint density at radius 1 is 0.957 bits per heavy atom. The molecular formula is C18H25N3O2. The summed E-state index contributed by atoms with van der Waals surface area (Å²) in [6.45, 7) is 1.54. The molecule has 0 fully saturated rings. The molecule has 5 nitrogen and oxygen atoms in total. The highest BCUT2D eigenvalue weighted by molar-refractivity contribution is 5.48. The zero-order valence-electron chi connectivity index (χ0n) is 13.9. The Hall–Kier alpha value is -2.53. The molecule has 0 saturated carbocycles. The monoisotopic (exact) mass is 315 g/mol. The Kier molecular flexibility index (Phi) is 8.93. The first kappa shape index (κ1) is 18.5. The fourth-order valence-electron chi connectivity index (χ4n) is 1.89. The van der Waals surface area contributed by atoms with Gasteiger partial charge < -0.3 is 20.7 Å². The summed E-state index contributed by atoms with van der Waals surface area (Å²) in [5.74, 6) is 0. The van der Waals surface area contributed by atoms with E-state index >= 15 is 0 Å². The summed E-state index contributed by atoms with van der Waals surface area (Å²) in [4.78, 5) is 10.1. The van der Waals surface area contributed by atoms with Crippen molar-refractivity contribution in [3.63, 3.8) is 0 Å². The summed E-state index contributed by atoms with van der Waals surface area (Å²) >= 11 is 0. The molecule has 0 aliphatic heterocycles. The second-order valence-corrected chi connectivity index (χ2v) is 4.91. The van der Waals surface area contributed by atoms with Gasteiger partial charge in [0.05, 0.1) is 0 Å². The third-order valence-corrected chi connectivity index (χ3v) is 2.98. The molecule has 2 rings (SSSR count). The minimum atomic E-state index is 0.313. The number of nitrogens with one attached hydrogen (secondary N) is 3. The number of hydrogen-bond donors (Lipinski definition) is 3. The molecule has 2 aromatic rings. The molecule has 0 amide bonds. The molecule has 124 valence electrons. The van der Waals surface area contributed by atoms with E-state index in [1.807, 2.05) is 57.5 Å². The van der Waals surface area contributed by atoms with Gasteiger partial charge in [0.15, 0.2) is 0 Å². The lowest BCUT2D eigenvalue weighted by molar-refractivity contribution is -0.129. The van der Waals surface area contributed by atoms with Crippen LogP contribution < -0.4 is 16.0 Å². The van der Waals surface area contributed by atoms with E-state index in [-0.39, 0.29) is 0 Å². The van der Waals surface area contributed by atoms with Crippen LogP contribution in [0.3, 0.4) is 0 Å². The normalized spacial score (nSPS) is 9.35. The SMILES string of the molecule is CNC.CNc1cccc(CNc2ccc(COC=O)cc2)c1. The molecule has 0 saturated heterocycles. The number of benzene rings is 2. The molecule has 2 aromatic carbocycles. The fourth-order valence-corrected chi connectivity index (χ4v) is 1.89. The van der Waals surface area contributed by atoms with Crippen molar-refractivity contribution in [2.75, 3.05) is 31.8 Å². The Morgan fingerprint density at radius 3 is 2.26 bits per heavy atom. The van der Waals surface area contributed by atoms with Crippen molar-refractivity contribution in [3.05, 3.63) is 59.7 Å². The fraction of sp³-hybridized carbons (Fsp3) is 0.278. The van der Waals surface area contributed by atoms with Crippen LogP contribution in [0.15, 0.2) is 48.5 Å². The third kappa shape index (κ3) is 7.33. The van der Waals surface area contributed by atoms with E-state index in [1.54, 1.807) is 0 Å². The summed E-state index contributed by atoms with van der Waals surface area (Å²) in [6, 6.07) is 16.1. The largest absolute Gasteiger partial charge is 0.463 e. The van der Waals surface area contributed by atoms with Crippen LogP contribution in [0.1, 0.15) is 11.1 Å². The lowest BCUT2D eigenvalue weighted by Crippen LogP contribution is -2.00. The highest BCUT2D eigenvalue weighted by Crippen LogP contribution is 2.14. The van der Waals surface area contributed by atoms with Crippen molar-refractivity contribution >= 4 is 17.8 Å². The maximum absolute atomic E-state index is 10.1. The molecule has 0 aromatic heterocycles. The van der Waals surface area contributed by atoms with Crippen molar-refractivity contribution in [3.8, 4) is 0 Å². The maximum atomic E-state index is 10.1. The van der Waals surface area contributed by atoms with E-state index in [4.69, 9.17) is 4.74 Å². The van der Waals surface area contributed by atoms with Gasteiger partial charge in [0.25, 0.3) is 6.47 Å². The molecule has 0 radical (unpaired) electrons. The van der Waals surface area contributed by atoms with Crippen molar-refractivity contribution < 1.29 is 9.53 Å². The predicted molar refractivity (Wildman–Crippen MR) is 95.6 cm³/mol. The summed E-state index contributed by atoms with van der Waals surface area (Å²) in [7, 11) is 5.66. The van der Waals surface area contributed by atoms with E-state index in [0.29, 0.717) is 13.1 Å². The first-order chi connectivity index (χ1) is 11.2. The summed E-state index contributed by atoms with van der Waals surface area (Å²) < 4.78 is 4.71. The van der Waals surface area contributed by atoms with E-state index in [2.05, 4.69) is 28.1 Å². The van der Waals surface area contributed by atoms with Crippen LogP contribution in [0.25, 0.3) is 0 Å². The Bertz CT molecular complexity index is 571. The second kappa shape index (κ2) is 11.1. The van der Waals surface area contributed by atoms with Gasteiger partial charge in [0.2, 0.25) is 0 Å². The molecule has 0 bridgehead atoms. The van der Waals surface area contributed by atoms with Gasteiger partial charge in [-0.3, -0.25) is 4.79 Å². The number of hydrogen-bond acceptors (Lipinski definition) is 5. The van der Waals surface area contributed by atoms with E-state index in [1.165, 1.54) is 5.56 Å². The van der Waals surface area contributed by atoms with Crippen molar-refractivity contribution in [1.29, 1.82) is 0 Å². The molecule has 0 atom stereocenters. The molecule has 0 spiro atoms. The molecule has 3 N–H and O–H groups in total. The Morgan fingerprint density at radius 2 is 1.65 bits per heavy atom. The zero-order valence-corrected chi connectivity index (χ0v) is 13.9. The maximum Gasteiger partial charge on any atom is 0.293 e. The van der Waals surface area contributed by atoms with E-state index in [0.717, 1.165) is 23.5 Å². The summed E-state index contributed by atoms with van der Waals surface area (Å²) in [5, 5.41) is 9.23. The Labute approximate surface area is 138 Å². The third-order valence-electron chi connectivity index (χ3n) is 2.98. The average molecular weight is 315 g/mol. The molecule has 23 heavy (non-hydrogen) atoms.